The van der Waals surface area contributed by atoms with Crippen LogP contribution in [0.1, 0.15) is 42.1 Å². The molecule has 0 amide bonds. The highest BCUT2D eigenvalue weighted by molar-refractivity contribution is 5.62. The second-order valence-corrected chi connectivity index (χ2v) is 7.18. The van der Waals surface area contributed by atoms with Gasteiger partial charge in [-0.1, -0.05) is 0 Å². The van der Waals surface area contributed by atoms with Gasteiger partial charge in [-0.25, -0.2) is 9.97 Å². The molecule has 1 saturated heterocycles. The van der Waals surface area contributed by atoms with Crippen molar-refractivity contribution in [3.63, 3.8) is 0 Å². The molecule has 3 aromatic rings. The number of hydrogen-bond acceptors (Lipinski definition) is 5. The zero-order valence-corrected chi connectivity index (χ0v) is 15.0. The lowest BCUT2D eigenvalue weighted by Crippen LogP contribution is -2.25. The van der Waals surface area contributed by atoms with Crippen LogP contribution in [0.3, 0.4) is 0 Å². The van der Waals surface area contributed by atoms with Gasteiger partial charge >= 0.3 is 0 Å². The van der Waals surface area contributed by atoms with E-state index < -0.39 is 0 Å². The number of hydrogen-bond donors (Lipinski definition) is 0. The lowest BCUT2D eigenvalue weighted by atomic mass is 10.1. The van der Waals surface area contributed by atoms with Crippen molar-refractivity contribution in [1.29, 1.82) is 0 Å². The zero-order valence-electron chi connectivity index (χ0n) is 15.0. The Hall–Kier alpha value is -2.76. The summed E-state index contributed by atoms with van der Waals surface area (Å²) in [7, 11) is 1.98. The normalized spacial score (nSPS) is 19.1. The Morgan fingerprint density at radius 3 is 2.77 bits per heavy atom. The molecule has 26 heavy (non-hydrogen) atoms. The summed E-state index contributed by atoms with van der Waals surface area (Å²) in [6, 6.07) is 4.33. The third-order valence-corrected chi connectivity index (χ3v) is 5.48. The largest absolute Gasteiger partial charge is 0.349 e. The van der Waals surface area contributed by atoms with Crippen LogP contribution >= 0.6 is 0 Å². The van der Waals surface area contributed by atoms with Gasteiger partial charge in [-0.2, -0.15) is 5.10 Å². The second kappa shape index (κ2) is 6.20. The van der Waals surface area contributed by atoms with Crippen molar-refractivity contribution in [3.8, 4) is 11.4 Å². The molecule has 0 spiro atoms. The lowest BCUT2D eigenvalue weighted by Gasteiger charge is -2.27. The van der Waals surface area contributed by atoms with E-state index in [4.69, 9.17) is 9.97 Å². The average molecular weight is 346 g/mol. The Morgan fingerprint density at radius 1 is 1.08 bits per heavy atom. The van der Waals surface area contributed by atoms with Crippen molar-refractivity contribution in [2.75, 3.05) is 11.4 Å². The highest BCUT2D eigenvalue weighted by Crippen LogP contribution is 2.40. The van der Waals surface area contributed by atoms with Crippen LogP contribution in [0, 0.1) is 0 Å². The number of pyridine rings is 1. The van der Waals surface area contributed by atoms with Gasteiger partial charge in [0.25, 0.3) is 0 Å². The fourth-order valence-electron chi connectivity index (χ4n) is 4.26. The smallest absolute Gasteiger partial charge is 0.161 e. The van der Waals surface area contributed by atoms with E-state index in [1.165, 1.54) is 29.7 Å². The summed E-state index contributed by atoms with van der Waals surface area (Å²) in [6.07, 6.45) is 13.4. The van der Waals surface area contributed by atoms with Gasteiger partial charge in [-0.05, 0) is 44.2 Å². The summed E-state index contributed by atoms with van der Waals surface area (Å²) >= 11 is 0. The summed E-state index contributed by atoms with van der Waals surface area (Å²) in [6.45, 7) is 1.04. The van der Waals surface area contributed by atoms with E-state index in [0.717, 1.165) is 43.0 Å². The molecule has 3 aromatic heterocycles. The maximum absolute atomic E-state index is 5.04. The minimum absolute atomic E-state index is 0.355. The van der Waals surface area contributed by atoms with Crippen LogP contribution in [0.2, 0.25) is 0 Å². The van der Waals surface area contributed by atoms with Gasteiger partial charge in [0.2, 0.25) is 0 Å². The van der Waals surface area contributed by atoms with Crippen molar-refractivity contribution in [1.82, 2.24) is 24.7 Å². The highest BCUT2D eigenvalue weighted by atomic mass is 15.3. The van der Waals surface area contributed by atoms with Crippen LogP contribution in [-0.4, -0.2) is 31.3 Å². The molecule has 1 fully saturated rings. The molecule has 6 nitrogen and oxygen atoms in total. The minimum Gasteiger partial charge on any atom is -0.349 e. The van der Waals surface area contributed by atoms with Crippen LogP contribution in [0.25, 0.3) is 11.4 Å². The first-order chi connectivity index (χ1) is 12.8. The molecule has 0 aromatic carbocycles. The standard InChI is InChI=1S/C20H22N6/c1-25-13-15(12-22-25)18-6-3-11-26(18)20-16-4-2-5-17(16)23-19(24-20)14-7-9-21-10-8-14/h7-10,12-13,18H,2-6,11H2,1H3/t18-/m1/s1. The van der Waals surface area contributed by atoms with Crippen LogP contribution < -0.4 is 4.90 Å². The van der Waals surface area contributed by atoms with Crippen LogP contribution in [0.4, 0.5) is 5.82 Å². The molecule has 1 atom stereocenters. The Bertz CT molecular complexity index is 933. The molecule has 0 saturated carbocycles. The maximum atomic E-state index is 5.04. The number of aromatic nitrogens is 5. The first-order valence-electron chi connectivity index (χ1n) is 9.35. The quantitative estimate of drug-likeness (QED) is 0.729. The van der Waals surface area contributed by atoms with Gasteiger partial charge in [0, 0.05) is 54.6 Å². The van der Waals surface area contributed by atoms with Crippen molar-refractivity contribution in [2.45, 2.75) is 38.1 Å². The summed E-state index contributed by atoms with van der Waals surface area (Å²) in [5, 5.41) is 4.38. The zero-order chi connectivity index (χ0) is 17.5. The summed E-state index contributed by atoms with van der Waals surface area (Å²) in [4.78, 5) is 16.5. The number of nitrogens with zero attached hydrogens (tertiary/aromatic N) is 6. The van der Waals surface area contributed by atoms with Gasteiger partial charge in [0.15, 0.2) is 5.82 Å². The first kappa shape index (κ1) is 15.5. The Kier molecular flexibility index (Phi) is 3.69. The molecule has 6 heteroatoms. The maximum Gasteiger partial charge on any atom is 0.161 e. The van der Waals surface area contributed by atoms with Gasteiger partial charge in [0.1, 0.15) is 5.82 Å². The van der Waals surface area contributed by atoms with Crippen LogP contribution in [0.5, 0.6) is 0 Å². The highest BCUT2D eigenvalue weighted by Gasteiger charge is 2.32. The molecule has 2 aliphatic rings. The van der Waals surface area contributed by atoms with E-state index in [2.05, 4.69) is 21.2 Å². The predicted octanol–water partition coefficient (Wildman–Crippen LogP) is 3.10. The van der Waals surface area contributed by atoms with Gasteiger partial charge in [0.05, 0.1) is 12.2 Å². The number of rotatable bonds is 3. The lowest BCUT2D eigenvalue weighted by molar-refractivity contribution is 0.704. The van der Waals surface area contributed by atoms with E-state index >= 15 is 0 Å². The number of aryl methyl sites for hydroxylation is 2. The third-order valence-electron chi connectivity index (χ3n) is 5.48. The first-order valence-corrected chi connectivity index (χ1v) is 9.35. The summed E-state index contributed by atoms with van der Waals surface area (Å²) in [5.74, 6) is 1.95. The van der Waals surface area contributed by atoms with Crippen molar-refractivity contribution in [2.24, 2.45) is 7.05 Å². The summed E-state index contributed by atoms with van der Waals surface area (Å²) < 4.78 is 1.89. The average Bonchev–Trinajstić information content (AvgIpc) is 3.41. The fraction of sp³-hybridized carbons (Fsp3) is 0.400. The second-order valence-electron chi connectivity index (χ2n) is 7.18. The van der Waals surface area contributed by atoms with Gasteiger partial charge in [-0.3, -0.25) is 9.67 Å². The summed E-state index contributed by atoms with van der Waals surface area (Å²) in [5.41, 5.74) is 4.88. The minimum atomic E-state index is 0.355. The molecule has 1 aliphatic carbocycles. The molecule has 1 aliphatic heterocycles. The van der Waals surface area contributed by atoms with E-state index in [1.807, 2.05) is 30.1 Å². The fourth-order valence-corrected chi connectivity index (χ4v) is 4.26. The number of fused-ring (bicyclic) bond motifs is 1. The molecule has 0 radical (unpaired) electrons. The van der Waals surface area contributed by atoms with E-state index in [0.29, 0.717) is 6.04 Å². The monoisotopic (exact) mass is 346 g/mol. The molecule has 4 heterocycles. The molecule has 0 bridgehead atoms. The van der Waals surface area contributed by atoms with E-state index in [9.17, 15) is 0 Å². The predicted molar refractivity (Wildman–Crippen MR) is 99.8 cm³/mol. The van der Waals surface area contributed by atoms with Crippen molar-refractivity contribution >= 4 is 5.82 Å². The Balaban J connectivity index is 1.60. The Morgan fingerprint density at radius 2 is 1.96 bits per heavy atom. The third kappa shape index (κ3) is 2.57. The molecular weight excluding hydrogens is 324 g/mol. The topological polar surface area (TPSA) is 59.7 Å². The SMILES string of the molecule is Cn1cc([C@H]2CCCN2c2nc(-c3ccncc3)nc3c2CCC3)cn1. The van der Waals surface area contributed by atoms with Crippen LogP contribution in [-0.2, 0) is 19.9 Å². The van der Waals surface area contributed by atoms with Crippen molar-refractivity contribution in [3.05, 3.63) is 53.7 Å². The van der Waals surface area contributed by atoms with Crippen LogP contribution in [0.15, 0.2) is 36.9 Å². The molecule has 0 unspecified atom stereocenters. The van der Waals surface area contributed by atoms with E-state index in [1.54, 1.807) is 12.4 Å². The molecule has 132 valence electrons. The van der Waals surface area contributed by atoms with Gasteiger partial charge in [-0.15, -0.1) is 0 Å². The number of anilines is 1. The Labute approximate surface area is 152 Å². The molecule has 5 rings (SSSR count). The van der Waals surface area contributed by atoms with Crippen molar-refractivity contribution < 1.29 is 0 Å². The molecule has 0 N–H and O–H groups in total. The molecular formula is C20H22N6. The van der Waals surface area contributed by atoms with Gasteiger partial charge < -0.3 is 4.90 Å². The van der Waals surface area contributed by atoms with E-state index in [-0.39, 0.29) is 0 Å².